The summed E-state index contributed by atoms with van der Waals surface area (Å²) >= 11 is 6.15. The van der Waals surface area contributed by atoms with E-state index >= 15 is 0 Å². The molecule has 0 radical (unpaired) electrons. The molecule has 2 amide bonds. The molecule has 0 unspecified atom stereocenters. The van der Waals surface area contributed by atoms with E-state index in [1.807, 2.05) is 6.07 Å². The molecule has 4 nitrogen and oxygen atoms in total. The second kappa shape index (κ2) is 7.31. The third-order valence-corrected chi connectivity index (χ3v) is 5.47. The van der Waals surface area contributed by atoms with Crippen LogP contribution in [0.5, 0.6) is 0 Å². The number of anilines is 1. The van der Waals surface area contributed by atoms with E-state index < -0.39 is 5.82 Å². The van der Waals surface area contributed by atoms with Crippen LogP contribution in [-0.4, -0.2) is 29.3 Å². The van der Waals surface area contributed by atoms with Crippen molar-refractivity contribution in [2.75, 3.05) is 11.4 Å². The van der Waals surface area contributed by atoms with Gasteiger partial charge in [0, 0.05) is 40.8 Å². The van der Waals surface area contributed by atoms with Crippen LogP contribution in [0.3, 0.4) is 0 Å². The molecule has 1 aliphatic carbocycles. The first-order valence-corrected chi connectivity index (χ1v) is 9.56. The molecule has 1 saturated carbocycles. The lowest BCUT2D eigenvalue weighted by molar-refractivity contribution is -0.117. The Labute approximate surface area is 162 Å². The Bertz CT molecular complexity index is 877. The summed E-state index contributed by atoms with van der Waals surface area (Å²) < 4.78 is 14.2. The molecule has 1 aliphatic heterocycles. The number of amides is 2. The van der Waals surface area contributed by atoms with Crippen molar-refractivity contribution in [3.05, 3.63) is 64.4 Å². The Morgan fingerprint density at radius 2 is 2.00 bits per heavy atom. The van der Waals surface area contributed by atoms with Crippen molar-refractivity contribution in [1.82, 2.24) is 4.90 Å². The lowest BCUT2D eigenvalue weighted by atomic mass is 10.1. The summed E-state index contributed by atoms with van der Waals surface area (Å²) in [5.41, 5.74) is 1.58. The minimum absolute atomic E-state index is 0.0804. The Balaban J connectivity index is 1.61. The van der Waals surface area contributed by atoms with Crippen molar-refractivity contribution in [3.63, 3.8) is 0 Å². The molecule has 1 saturated heterocycles. The monoisotopic (exact) mass is 386 g/mol. The average Bonchev–Trinajstić information content (AvgIpc) is 3.41. The fourth-order valence-corrected chi connectivity index (χ4v) is 3.72. The van der Waals surface area contributed by atoms with Gasteiger partial charge < -0.3 is 9.80 Å². The Morgan fingerprint density at radius 1 is 1.22 bits per heavy atom. The van der Waals surface area contributed by atoms with E-state index in [4.69, 9.17) is 11.6 Å². The first-order chi connectivity index (χ1) is 13.0. The van der Waals surface area contributed by atoms with Gasteiger partial charge in [0.05, 0.1) is 6.54 Å². The number of benzene rings is 2. The van der Waals surface area contributed by atoms with Crippen molar-refractivity contribution in [2.24, 2.45) is 0 Å². The van der Waals surface area contributed by atoms with Crippen LogP contribution < -0.4 is 4.90 Å². The molecule has 0 atom stereocenters. The predicted molar refractivity (Wildman–Crippen MR) is 102 cm³/mol. The molecular weight excluding hydrogens is 367 g/mol. The van der Waals surface area contributed by atoms with Crippen molar-refractivity contribution < 1.29 is 14.0 Å². The van der Waals surface area contributed by atoms with Gasteiger partial charge in [-0.2, -0.15) is 0 Å². The second-order valence-corrected chi connectivity index (χ2v) is 7.47. The van der Waals surface area contributed by atoms with Gasteiger partial charge in [0.25, 0.3) is 5.91 Å². The van der Waals surface area contributed by atoms with Gasteiger partial charge in [-0.3, -0.25) is 9.59 Å². The van der Waals surface area contributed by atoms with Crippen LogP contribution in [0.25, 0.3) is 0 Å². The molecule has 1 heterocycles. The number of carbonyl (C=O) groups is 2. The van der Waals surface area contributed by atoms with E-state index in [-0.39, 0.29) is 24.4 Å². The fraction of sp³-hybridized carbons (Fsp3) is 0.333. The summed E-state index contributed by atoms with van der Waals surface area (Å²) in [5.74, 6) is -0.487. The van der Waals surface area contributed by atoms with Crippen LogP contribution in [0.1, 0.15) is 41.6 Å². The number of rotatable bonds is 5. The molecule has 2 fully saturated rings. The highest BCUT2D eigenvalue weighted by molar-refractivity contribution is 6.31. The average molecular weight is 387 g/mol. The van der Waals surface area contributed by atoms with Gasteiger partial charge in [0.1, 0.15) is 5.82 Å². The smallest absolute Gasteiger partial charge is 0.254 e. The molecule has 0 spiro atoms. The molecule has 2 aromatic carbocycles. The van der Waals surface area contributed by atoms with E-state index in [0.717, 1.165) is 24.9 Å². The van der Waals surface area contributed by atoms with E-state index in [0.29, 0.717) is 29.1 Å². The number of hydrogen-bond donors (Lipinski definition) is 0. The zero-order valence-electron chi connectivity index (χ0n) is 14.8. The Kier molecular flexibility index (Phi) is 4.87. The highest BCUT2D eigenvalue weighted by atomic mass is 35.5. The molecule has 2 aliphatic rings. The molecule has 0 bridgehead atoms. The molecule has 140 valence electrons. The van der Waals surface area contributed by atoms with Crippen molar-refractivity contribution >= 4 is 29.1 Å². The van der Waals surface area contributed by atoms with E-state index in [1.54, 1.807) is 40.1 Å². The highest BCUT2D eigenvalue weighted by Crippen LogP contribution is 2.32. The maximum absolute atomic E-state index is 14.2. The summed E-state index contributed by atoms with van der Waals surface area (Å²) in [7, 11) is 0. The zero-order valence-corrected chi connectivity index (χ0v) is 15.6. The van der Waals surface area contributed by atoms with Crippen LogP contribution in [0, 0.1) is 5.82 Å². The van der Waals surface area contributed by atoms with Crippen LogP contribution in [0.15, 0.2) is 42.5 Å². The number of halogens is 2. The summed E-state index contributed by atoms with van der Waals surface area (Å²) in [6, 6.07) is 11.8. The first kappa shape index (κ1) is 18.0. The lowest BCUT2D eigenvalue weighted by Crippen LogP contribution is -2.33. The van der Waals surface area contributed by atoms with Gasteiger partial charge in [0.15, 0.2) is 0 Å². The molecule has 6 heteroatoms. The summed E-state index contributed by atoms with van der Waals surface area (Å²) in [6.07, 6.45) is 3.18. The van der Waals surface area contributed by atoms with Gasteiger partial charge in [-0.15, -0.1) is 0 Å². The quantitative estimate of drug-likeness (QED) is 0.763. The summed E-state index contributed by atoms with van der Waals surface area (Å²) in [4.78, 5) is 28.6. The molecule has 27 heavy (non-hydrogen) atoms. The van der Waals surface area contributed by atoms with Gasteiger partial charge in [-0.05, 0) is 49.6 Å². The number of nitrogens with zero attached hydrogens (tertiary/aromatic N) is 2. The molecule has 0 N–H and O–H groups in total. The topological polar surface area (TPSA) is 40.6 Å². The predicted octanol–water partition coefficient (Wildman–Crippen LogP) is 4.41. The Morgan fingerprint density at radius 3 is 2.67 bits per heavy atom. The van der Waals surface area contributed by atoms with Crippen LogP contribution >= 0.6 is 11.6 Å². The minimum atomic E-state index is -0.405. The minimum Gasteiger partial charge on any atom is -0.331 e. The van der Waals surface area contributed by atoms with Crippen LogP contribution in [0.4, 0.5) is 10.1 Å². The SMILES string of the molecule is O=C1CCCN1c1cccc(C(=O)N(Cc2c(F)cccc2Cl)C2CC2)c1. The molecule has 2 aromatic rings. The van der Waals surface area contributed by atoms with E-state index in [2.05, 4.69) is 0 Å². The fourth-order valence-electron chi connectivity index (χ4n) is 3.50. The normalized spacial score (nSPS) is 16.7. The number of carbonyl (C=O) groups excluding carboxylic acids is 2. The maximum Gasteiger partial charge on any atom is 0.254 e. The van der Waals surface area contributed by atoms with Gasteiger partial charge in [-0.25, -0.2) is 4.39 Å². The van der Waals surface area contributed by atoms with Gasteiger partial charge in [0.2, 0.25) is 5.91 Å². The Hall–Kier alpha value is -2.40. The van der Waals surface area contributed by atoms with Crippen LogP contribution in [0.2, 0.25) is 5.02 Å². The third-order valence-electron chi connectivity index (χ3n) is 5.12. The van der Waals surface area contributed by atoms with Crippen molar-refractivity contribution in [2.45, 2.75) is 38.3 Å². The van der Waals surface area contributed by atoms with Gasteiger partial charge in [-0.1, -0.05) is 23.7 Å². The highest BCUT2D eigenvalue weighted by Gasteiger charge is 2.34. The van der Waals surface area contributed by atoms with Crippen LogP contribution in [-0.2, 0) is 11.3 Å². The second-order valence-electron chi connectivity index (χ2n) is 7.06. The van der Waals surface area contributed by atoms with E-state index in [1.165, 1.54) is 6.07 Å². The van der Waals surface area contributed by atoms with Crippen molar-refractivity contribution in [1.29, 1.82) is 0 Å². The first-order valence-electron chi connectivity index (χ1n) is 9.19. The molecular formula is C21H20ClFN2O2. The lowest BCUT2D eigenvalue weighted by Gasteiger charge is -2.24. The third kappa shape index (κ3) is 3.69. The van der Waals surface area contributed by atoms with E-state index in [9.17, 15) is 14.0 Å². The molecule has 4 rings (SSSR count). The molecule has 0 aromatic heterocycles. The standard InChI is InChI=1S/C21H20ClFN2O2/c22-18-6-2-7-19(23)17(18)13-25(15-9-10-15)21(27)14-4-1-5-16(12-14)24-11-3-8-20(24)26/h1-2,4-7,12,15H,3,8-11,13H2. The maximum atomic E-state index is 14.2. The number of hydrogen-bond acceptors (Lipinski definition) is 2. The summed E-state index contributed by atoms with van der Waals surface area (Å²) in [5, 5.41) is 0.324. The summed E-state index contributed by atoms with van der Waals surface area (Å²) in [6.45, 7) is 0.815. The van der Waals surface area contributed by atoms with Crippen molar-refractivity contribution in [3.8, 4) is 0 Å². The van der Waals surface area contributed by atoms with Gasteiger partial charge >= 0.3 is 0 Å². The zero-order chi connectivity index (χ0) is 19.0. The largest absolute Gasteiger partial charge is 0.331 e.